The van der Waals surface area contributed by atoms with E-state index in [4.69, 9.17) is 5.11 Å². The fraction of sp³-hybridized carbons (Fsp3) is 0.167. The molecule has 98 valence electrons. The number of carboxylic acid groups (broad SMARTS) is 1. The van der Waals surface area contributed by atoms with Crippen molar-refractivity contribution in [3.63, 3.8) is 0 Å². The minimum Gasteiger partial charge on any atom is -0.478 e. The lowest BCUT2D eigenvalue weighted by Gasteiger charge is -2.06. The number of H-pyrrole nitrogens is 1. The quantitative estimate of drug-likeness (QED) is 0.768. The summed E-state index contributed by atoms with van der Waals surface area (Å²) in [7, 11) is 0. The smallest absolute Gasteiger partial charge is 0.338 e. The van der Waals surface area contributed by atoms with Crippen LogP contribution >= 0.6 is 0 Å². The van der Waals surface area contributed by atoms with Gasteiger partial charge in [-0.3, -0.25) is 14.9 Å². The van der Waals surface area contributed by atoms with Gasteiger partial charge in [0.25, 0.3) is 5.91 Å². The first-order valence-corrected chi connectivity index (χ1v) is 5.65. The van der Waals surface area contributed by atoms with Crippen LogP contribution < -0.4 is 5.32 Å². The molecule has 0 fully saturated rings. The van der Waals surface area contributed by atoms with Crippen molar-refractivity contribution in [2.24, 2.45) is 0 Å². The van der Waals surface area contributed by atoms with Crippen LogP contribution in [0.2, 0.25) is 0 Å². The van der Waals surface area contributed by atoms with E-state index in [1.54, 1.807) is 6.20 Å². The first kappa shape index (κ1) is 12.7. The highest BCUT2D eigenvalue weighted by Gasteiger charge is 2.18. The molecule has 0 aromatic carbocycles. The summed E-state index contributed by atoms with van der Waals surface area (Å²) in [5.41, 5.74) is 0.561. The van der Waals surface area contributed by atoms with Crippen LogP contribution in [0.4, 0.5) is 5.82 Å². The predicted molar refractivity (Wildman–Crippen MR) is 67.1 cm³/mol. The Labute approximate surface area is 108 Å². The van der Waals surface area contributed by atoms with Crippen LogP contribution in [0.3, 0.4) is 0 Å². The molecule has 0 aliphatic carbocycles. The van der Waals surface area contributed by atoms with Crippen LogP contribution in [-0.4, -0.2) is 32.2 Å². The van der Waals surface area contributed by atoms with Crippen molar-refractivity contribution < 1.29 is 14.7 Å². The van der Waals surface area contributed by atoms with Crippen LogP contribution in [0.1, 0.15) is 33.3 Å². The molecule has 0 aliphatic rings. The third kappa shape index (κ3) is 2.59. The Hall–Kier alpha value is -2.70. The maximum absolute atomic E-state index is 12.0. The van der Waals surface area contributed by atoms with Gasteiger partial charge in [0.05, 0.1) is 11.8 Å². The molecule has 1 amide bonds. The zero-order valence-electron chi connectivity index (χ0n) is 10.2. The Morgan fingerprint density at radius 2 is 2.26 bits per heavy atom. The predicted octanol–water partition coefficient (Wildman–Crippen LogP) is 1.32. The van der Waals surface area contributed by atoms with E-state index in [2.05, 4.69) is 20.5 Å². The van der Waals surface area contributed by atoms with Crippen LogP contribution in [0.5, 0.6) is 0 Å². The average Bonchev–Trinajstić information content (AvgIpc) is 2.85. The van der Waals surface area contributed by atoms with Crippen LogP contribution in [0, 0.1) is 0 Å². The highest BCUT2D eigenvalue weighted by Crippen LogP contribution is 2.13. The van der Waals surface area contributed by atoms with Gasteiger partial charge in [-0.25, -0.2) is 4.79 Å². The van der Waals surface area contributed by atoms with E-state index in [-0.39, 0.29) is 11.3 Å². The third-order valence-corrected chi connectivity index (χ3v) is 2.59. The maximum Gasteiger partial charge on any atom is 0.338 e. The van der Waals surface area contributed by atoms with E-state index in [0.717, 1.165) is 5.56 Å². The van der Waals surface area contributed by atoms with Gasteiger partial charge in [-0.1, -0.05) is 6.92 Å². The van der Waals surface area contributed by atoms with Crippen molar-refractivity contribution in [1.82, 2.24) is 15.2 Å². The van der Waals surface area contributed by atoms with Gasteiger partial charge in [0.1, 0.15) is 11.5 Å². The number of anilines is 1. The number of aromatic amines is 1. The lowest BCUT2D eigenvalue weighted by Crippen LogP contribution is -2.19. The molecule has 0 saturated heterocycles. The van der Waals surface area contributed by atoms with E-state index < -0.39 is 11.9 Å². The number of aromatic carboxylic acids is 1. The number of amides is 1. The minimum atomic E-state index is -1.20. The van der Waals surface area contributed by atoms with E-state index in [9.17, 15) is 9.59 Å². The molecule has 7 heteroatoms. The second-order valence-corrected chi connectivity index (χ2v) is 3.78. The van der Waals surface area contributed by atoms with E-state index in [1.165, 1.54) is 18.3 Å². The molecular formula is C12H12N4O3. The number of carboxylic acids is 1. The number of nitrogens with one attached hydrogen (secondary N) is 2. The number of carbonyl (C=O) groups excluding carboxylic acids is 1. The number of rotatable bonds is 4. The molecular weight excluding hydrogens is 248 g/mol. The van der Waals surface area contributed by atoms with E-state index in [1.807, 2.05) is 6.92 Å². The molecule has 0 atom stereocenters. The molecule has 3 N–H and O–H groups in total. The largest absolute Gasteiger partial charge is 0.478 e. The van der Waals surface area contributed by atoms with Crippen LogP contribution in [0.25, 0.3) is 0 Å². The van der Waals surface area contributed by atoms with Crippen molar-refractivity contribution in [1.29, 1.82) is 0 Å². The number of pyridine rings is 1. The van der Waals surface area contributed by atoms with Gasteiger partial charge in [0.2, 0.25) is 0 Å². The standard InChI is InChI=1S/C12H12N4O3/c1-2-7-6-14-16-10(7)15-11(17)9-8(12(18)19)4-3-5-13-9/h3-6H,2H2,1H3,(H,18,19)(H2,14,15,16,17). The molecule has 19 heavy (non-hydrogen) atoms. The molecule has 0 bridgehead atoms. The molecule has 0 aliphatic heterocycles. The number of carbonyl (C=O) groups is 2. The molecule has 2 aromatic rings. The Kier molecular flexibility index (Phi) is 3.56. The Morgan fingerprint density at radius 3 is 2.95 bits per heavy atom. The number of hydrogen-bond donors (Lipinski definition) is 3. The van der Waals surface area contributed by atoms with Gasteiger partial charge in [-0.05, 0) is 18.6 Å². The normalized spacial score (nSPS) is 10.2. The molecule has 0 saturated carbocycles. The van der Waals surface area contributed by atoms with E-state index >= 15 is 0 Å². The molecule has 2 rings (SSSR count). The average molecular weight is 260 g/mol. The number of hydrogen-bond acceptors (Lipinski definition) is 4. The molecule has 7 nitrogen and oxygen atoms in total. The molecule has 2 heterocycles. The number of aryl methyl sites for hydroxylation is 1. The third-order valence-electron chi connectivity index (χ3n) is 2.59. The van der Waals surface area contributed by atoms with Crippen molar-refractivity contribution in [3.05, 3.63) is 41.3 Å². The highest BCUT2D eigenvalue weighted by atomic mass is 16.4. The van der Waals surface area contributed by atoms with E-state index in [0.29, 0.717) is 12.2 Å². The monoisotopic (exact) mass is 260 g/mol. The van der Waals surface area contributed by atoms with Gasteiger partial charge in [0.15, 0.2) is 0 Å². The summed E-state index contributed by atoms with van der Waals surface area (Å²) in [6.07, 6.45) is 3.67. The fourth-order valence-corrected chi connectivity index (χ4v) is 1.62. The number of nitrogens with zero attached hydrogens (tertiary/aromatic N) is 2. The topological polar surface area (TPSA) is 108 Å². The van der Waals surface area contributed by atoms with Crippen molar-refractivity contribution in [2.75, 3.05) is 5.32 Å². The Balaban J connectivity index is 2.28. The second kappa shape index (κ2) is 5.30. The summed E-state index contributed by atoms with van der Waals surface area (Å²) in [6, 6.07) is 2.80. The van der Waals surface area contributed by atoms with Crippen molar-refractivity contribution >= 4 is 17.7 Å². The van der Waals surface area contributed by atoms with Gasteiger partial charge in [-0.2, -0.15) is 5.10 Å². The summed E-state index contributed by atoms with van der Waals surface area (Å²) >= 11 is 0. The summed E-state index contributed by atoms with van der Waals surface area (Å²) in [5.74, 6) is -1.33. The molecule has 0 unspecified atom stereocenters. The summed E-state index contributed by atoms with van der Waals surface area (Å²) < 4.78 is 0. The zero-order valence-corrected chi connectivity index (χ0v) is 10.2. The van der Waals surface area contributed by atoms with Crippen molar-refractivity contribution in [3.8, 4) is 0 Å². The molecule has 2 aromatic heterocycles. The molecule has 0 spiro atoms. The van der Waals surface area contributed by atoms with Gasteiger partial charge in [-0.15, -0.1) is 0 Å². The van der Waals surface area contributed by atoms with Crippen LogP contribution in [0.15, 0.2) is 24.5 Å². The Bertz CT molecular complexity index is 621. The van der Waals surface area contributed by atoms with Gasteiger partial charge >= 0.3 is 5.97 Å². The SMILES string of the molecule is CCc1cn[nH]c1NC(=O)c1ncccc1C(=O)O. The lowest BCUT2D eigenvalue weighted by molar-refractivity contribution is 0.0691. The maximum atomic E-state index is 12.0. The van der Waals surface area contributed by atoms with Gasteiger partial charge < -0.3 is 10.4 Å². The summed E-state index contributed by atoms with van der Waals surface area (Å²) in [5, 5.41) is 18.0. The second-order valence-electron chi connectivity index (χ2n) is 3.78. The summed E-state index contributed by atoms with van der Waals surface area (Å²) in [6.45, 7) is 1.92. The Morgan fingerprint density at radius 1 is 1.47 bits per heavy atom. The minimum absolute atomic E-state index is 0.133. The fourth-order valence-electron chi connectivity index (χ4n) is 1.62. The zero-order chi connectivity index (χ0) is 13.8. The lowest BCUT2D eigenvalue weighted by atomic mass is 10.2. The first-order valence-electron chi connectivity index (χ1n) is 5.65. The first-order chi connectivity index (χ1) is 9.13. The molecule has 0 radical (unpaired) electrons. The number of aromatic nitrogens is 3. The van der Waals surface area contributed by atoms with Crippen molar-refractivity contribution in [2.45, 2.75) is 13.3 Å². The summed E-state index contributed by atoms with van der Waals surface area (Å²) in [4.78, 5) is 26.8. The van der Waals surface area contributed by atoms with Gasteiger partial charge in [0, 0.05) is 11.8 Å². The van der Waals surface area contributed by atoms with Crippen LogP contribution in [-0.2, 0) is 6.42 Å². The highest BCUT2D eigenvalue weighted by molar-refractivity contribution is 6.09.